The Balaban J connectivity index is 0.00000120. The standard InChI is InChI=1S/C14H17F2N.ClH/c1-2-5-17-8-10-7-14(10,9-17)12-4-3-11(15)6-13(12)16;/h3-4,6,10H,2,5,7-9H2,1H3;1H. The van der Waals surface area contributed by atoms with E-state index in [2.05, 4.69) is 11.8 Å². The first-order chi connectivity index (χ1) is 8.15. The maximum atomic E-state index is 13.8. The summed E-state index contributed by atoms with van der Waals surface area (Å²) >= 11 is 0. The van der Waals surface area contributed by atoms with E-state index in [-0.39, 0.29) is 23.6 Å². The third-order valence-electron chi connectivity index (χ3n) is 4.22. The minimum absolute atomic E-state index is 0. The van der Waals surface area contributed by atoms with Gasteiger partial charge in [-0.3, -0.25) is 0 Å². The lowest BCUT2D eigenvalue weighted by Gasteiger charge is -2.20. The fraction of sp³-hybridized carbons (Fsp3) is 0.571. The number of nitrogens with zero attached hydrogens (tertiary/aromatic N) is 1. The molecule has 1 aromatic carbocycles. The average molecular weight is 274 g/mol. The van der Waals surface area contributed by atoms with Crippen LogP contribution in [-0.4, -0.2) is 24.5 Å². The lowest BCUT2D eigenvalue weighted by molar-refractivity contribution is 0.297. The predicted molar refractivity (Wildman–Crippen MR) is 70.1 cm³/mol. The van der Waals surface area contributed by atoms with Crippen molar-refractivity contribution in [3.05, 3.63) is 35.4 Å². The summed E-state index contributed by atoms with van der Waals surface area (Å²) in [5.74, 6) is -0.275. The zero-order valence-corrected chi connectivity index (χ0v) is 11.3. The van der Waals surface area contributed by atoms with E-state index in [1.165, 1.54) is 6.07 Å². The second-order valence-corrected chi connectivity index (χ2v) is 5.42. The molecule has 2 unspecified atom stereocenters. The van der Waals surface area contributed by atoms with Gasteiger partial charge in [0.15, 0.2) is 0 Å². The monoisotopic (exact) mass is 273 g/mol. The smallest absolute Gasteiger partial charge is 0.129 e. The van der Waals surface area contributed by atoms with Gasteiger partial charge in [0.25, 0.3) is 0 Å². The molecule has 0 radical (unpaired) electrons. The highest BCUT2D eigenvalue weighted by molar-refractivity contribution is 5.85. The molecule has 18 heavy (non-hydrogen) atoms. The van der Waals surface area contributed by atoms with Gasteiger partial charge in [-0.2, -0.15) is 0 Å². The molecule has 100 valence electrons. The minimum Gasteiger partial charge on any atom is -0.302 e. The average Bonchev–Trinajstić information content (AvgIpc) is 2.82. The third-order valence-corrected chi connectivity index (χ3v) is 4.22. The van der Waals surface area contributed by atoms with Crippen LogP contribution in [0.4, 0.5) is 8.78 Å². The van der Waals surface area contributed by atoms with Gasteiger partial charge in [-0.1, -0.05) is 13.0 Å². The largest absolute Gasteiger partial charge is 0.302 e. The number of piperidine rings is 1. The van der Waals surface area contributed by atoms with Crippen molar-refractivity contribution in [2.24, 2.45) is 5.92 Å². The zero-order chi connectivity index (χ0) is 12.0. The maximum absolute atomic E-state index is 13.8. The number of rotatable bonds is 3. The summed E-state index contributed by atoms with van der Waals surface area (Å²) in [5, 5.41) is 0. The van der Waals surface area contributed by atoms with Gasteiger partial charge in [0.2, 0.25) is 0 Å². The van der Waals surface area contributed by atoms with Gasteiger partial charge in [0.05, 0.1) is 0 Å². The highest BCUT2D eigenvalue weighted by Crippen LogP contribution is 2.59. The number of likely N-dealkylation sites (tertiary alicyclic amines) is 1. The second kappa shape index (κ2) is 4.78. The molecular weight excluding hydrogens is 256 g/mol. The van der Waals surface area contributed by atoms with Crippen LogP contribution in [0.3, 0.4) is 0 Å². The fourth-order valence-corrected chi connectivity index (χ4v) is 3.38. The molecule has 2 aliphatic rings. The molecule has 0 aromatic heterocycles. The first kappa shape index (κ1) is 13.8. The van der Waals surface area contributed by atoms with Crippen LogP contribution in [0.5, 0.6) is 0 Å². The molecule has 2 fully saturated rings. The Kier molecular flexibility index (Phi) is 3.65. The van der Waals surface area contributed by atoms with Crippen molar-refractivity contribution in [2.45, 2.75) is 25.2 Å². The number of benzene rings is 1. The topological polar surface area (TPSA) is 3.24 Å². The first-order valence-corrected chi connectivity index (χ1v) is 6.33. The Hall–Kier alpha value is -0.670. The van der Waals surface area contributed by atoms with Crippen LogP contribution in [0.1, 0.15) is 25.3 Å². The lowest BCUT2D eigenvalue weighted by Crippen LogP contribution is -2.27. The van der Waals surface area contributed by atoms with Crippen molar-refractivity contribution < 1.29 is 8.78 Å². The minimum atomic E-state index is -0.483. The quantitative estimate of drug-likeness (QED) is 0.816. The Morgan fingerprint density at radius 3 is 2.83 bits per heavy atom. The predicted octanol–water partition coefficient (Wildman–Crippen LogP) is 3.37. The molecule has 0 bridgehead atoms. The molecule has 3 rings (SSSR count). The first-order valence-electron chi connectivity index (χ1n) is 6.33. The van der Waals surface area contributed by atoms with E-state index in [1.807, 2.05) is 0 Å². The van der Waals surface area contributed by atoms with E-state index in [9.17, 15) is 8.78 Å². The third kappa shape index (κ3) is 2.04. The van der Waals surface area contributed by atoms with Crippen molar-refractivity contribution in [3.63, 3.8) is 0 Å². The van der Waals surface area contributed by atoms with Crippen LogP contribution in [0.15, 0.2) is 18.2 Å². The number of hydrogen-bond acceptors (Lipinski definition) is 1. The molecule has 1 nitrogen and oxygen atoms in total. The van der Waals surface area contributed by atoms with E-state index in [0.29, 0.717) is 5.92 Å². The Labute approximate surface area is 113 Å². The van der Waals surface area contributed by atoms with Gasteiger partial charge in [0.1, 0.15) is 11.6 Å². The Morgan fingerprint density at radius 2 is 2.17 bits per heavy atom. The second-order valence-electron chi connectivity index (χ2n) is 5.42. The van der Waals surface area contributed by atoms with Crippen molar-refractivity contribution >= 4 is 12.4 Å². The maximum Gasteiger partial charge on any atom is 0.129 e. The summed E-state index contributed by atoms with van der Waals surface area (Å²) in [6.07, 6.45) is 2.20. The summed E-state index contributed by atoms with van der Waals surface area (Å²) in [6, 6.07) is 4.03. The van der Waals surface area contributed by atoms with Crippen molar-refractivity contribution in [1.82, 2.24) is 4.90 Å². The SMILES string of the molecule is CCCN1CC2CC2(c2ccc(F)cc2F)C1.Cl. The highest BCUT2D eigenvalue weighted by Gasteiger charge is 2.61. The van der Waals surface area contributed by atoms with E-state index in [0.717, 1.165) is 44.1 Å². The van der Waals surface area contributed by atoms with Gasteiger partial charge in [-0.05, 0) is 36.9 Å². The van der Waals surface area contributed by atoms with Crippen molar-refractivity contribution in [2.75, 3.05) is 19.6 Å². The van der Waals surface area contributed by atoms with Gasteiger partial charge in [-0.25, -0.2) is 8.78 Å². The number of halogens is 3. The molecular formula is C14H18ClF2N. The van der Waals surface area contributed by atoms with Gasteiger partial charge in [-0.15, -0.1) is 12.4 Å². The van der Waals surface area contributed by atoms with E-state index >= 15 is 0 Å². The fourth-order valence-electron chi connectivity index (χ4n) is 3.38. The van der Waals surface area contributed by atoms with Crippen LogP contribution >= 0.6 is 12.4 Å². The van der Waals surface area contributed by atoms with Crippen LogP contribution < -0.4 is 0 Å². The summed E-state index contributed by atoms with van der Waals surface area (Å²) < 4.78 is 26.7. The van der Waals surface area contributed by atoms with E-state index < -0.39 is 5.82 Å². The lowest BCUT2D eigenvalue weighted by atomic mass is 9.94. The molecule has 1 aliphatic heterocycles. The van der Waals surface area contributed by atoms with Gasteiger partial charge in [0, 0.05) is 24.6 Å². The molecule has 0 N–H and O–H groups in total. The van der Waals surface area contributed by atoms with E-state index in [1.54, 1.807) is 6.07 Å². The molecule has 0 amide bonds. The van der Waals surface area contributed by atoms with Gasteiger partial charge < -0.3 is 4.90 Å². The van der Waals surface area contributed by atoms with E-state index in [4.69, 9.17) is 0 Å². The van der Waals surface area contributed by atoms with Crippen LogP contribution in [0.25, 0.3) is 0 Å². The zero-order valence-electron chi connectivity index (χ0n) is 10.5. The molecule has 0 spiro atoms. The Morgan fingerprint density at radius 1 is 1.39 bits per heavy atom. The van der Waals surface area contributed by atoms with Gasteiger partial charge >= 0.3 is 0 Å². The highest BCUT2D eigenvalue weighted by atomic mass is 35.5. The van der Waals surface area contributed by atoms with Crippen molar-refractivity contribution in [1.29, 1.82) is 0 Å². The summed E-state index contributed by atoms with van der Waals surface area (Å²) in [5.41, 5.74) is 0.718. The summed E-state index contributed by atoms with van der Waals surface area (Å²) in [6.45, 7) is 5.26. The molecule has 1 aliphatic carbocycles. The molecule has 4 heteroatoms. The molecule has 1 saturated heterocycles. The normalized spacial score (nSPS) is 29.8. The molecule has 1 saturated carbocycles. The molecule has 1 aromatic rings. The molecule has 1 heterocycles. The van der Waals surface area contributed by atoms with Crippen LogP contribution in [-0.2, 0) is 5.41 Å². The van der Waals surface area contributed by atoms with Crippen LogP contribution in [0, 0.1) is 17.6 Å². The number of fused-ring (bicyclic) bond motifs is 1. The molecule has 2 atom stereocenters. The summed E-state index contributed by atoms with van der Waals surface area (Å²) in [7, 11) is 0. The van der Waals surface area contributed by atoms with Crippen LogP contribution in [0.2, 0.25) is 0 Å². The van der Waals surface area contributed by atoms with Crippen molar-refractivity contribution in [3.8, 4) is 0 Å². The summed E-state index contributed by atoms with van der Waals surface area (Å²) in [4.78, 5) is 2.40. The Bertz CT molecular complexity index is 451. The number of hydrogen-bond donors (Lipinski definition) is 0.